The molecule has 0 saturated carbocycles. The summed E-state index contributed by atoms with van der Waals surface area (Å²) < 4.78 is 25.2. The molecule has 2 N–H and O–H groups in total. The lowest BCUT2D eigenvalue weighted by Gasteiger charge is -2.22. The minimum absolute atomic E-state index is 0. The van der Waals surface area contributed by atoms with Gasteiger partial charge in [-0.1, -0.05) is 30.3 Å². The van der Waals surface area contributed by atoms with Gasteiger partial charge in [0.05, 0.1) is 18.8 Å². The molecule has 0 aliphatic carbocycles. The molecule has 1 fully saturated rings. The first-order valence-corrected chi connectivity index (χ1v) is 10.3. The topological polar surface area (TPSA) is 73.8 Å². The quantitative estimate of drug-likeness (QED) is 0.373. The standard InChI is InChI=1S/C17H28N4O2S.HI/c1-4-18-17(20-14(2)15-9-6-5-7-10-15)19-13-16-11-8-12-21(16)24(3,22)23;/h5-7,9-10,14,16H,4,8,11-13H2,1-3H3,(H2,18,19,20);1H/t14?,16-;/m1./s1. The van der Waals surface area contributed by atoms with Crippen molar-refractivity contribution in [1.29, 1.82) is 0 Å². The Morgan fingerprint density at radius 3 is 2.64 bits per heavy atom. The van der Waals surface area contributed by atoms with Gasteiger partial charge in [-0.25, -0.2) is 8.42 Å². The first-order valence-electron chi connectivity index (χ1n) is 8.48. The van der Waals surface area contributed by atoms with E-state index >= 15 is 0 Å². The van der Waals surface area contributed by atoms with Crippen molar-refractivity contribution in [2.75, 3.05) is 25.9 Å². The third-order valence-corrected chi connectivity index (χ3v) is 5.54. The molecule has 1 heterocycles. The number of nitrogens with zero attached hydrogens (tertiary/aromatic N) is 2. The molecule has 8 heteroatoms. The van der Waals surface area contributed by atoms with E-state index in [4.69, 9.17) is 0 Å². The van der Waals surface area contributed by atoms with Crippen molar-refractivity contribution < 1.29 is 8.42 Å². The lowest BCUT2D eigenvalue weighted by Crippen LogP contribution is -2.41. The maximum absolute atomic E-state index is 11.8. The number of hydrogen-bond acceptors (Lipinski definition) is 3. The fourth-order valence-corrected chi connectivity index (χ4v) is 4.15. The Morgan fingerprint density at radius 2 is 2.04 bits per heavy atom. The minimum Gasteiger partial charge on any atom is -0.357 e. The summed E-state index contributed by atoms with van der Waals surface area (Å²) in [5.41, 5.74) is 1.18. The van der Waals surface area contributed by atoms with E-state index in [-0.39, 0.29) is 36.1 Å². The summed E-state index contributed by atoms with van der Waals surface area (Å²) in [5, 5.41) is 6.61. The predicted octanol–water partition coefficient (Wildman–Crippen LogP) is 2.34. The van der Waals surface area contributed by atoms with Crippen LogP contribution < -0.4 is 10.6 Å². The van der Waals surface area contributed by atoms with Crippen molar-refractivity contribution >= 4 is 40.0 Å². The lowest BCUT2D eigenvalue weighted by molar-refractivity contribution is 0.396. The van der Waals surface area contributed by atoms with Crippen molar-refractivity contribution in [2.45, 2.75) is 38.8 Å². The predicted molar refractivity (Wildman–Crippen MR) is 114 cm³/mol. The number of hydrogen-bond donors (Lipinski definition) is 2. The fraction of sp³-hybridized carbons (Fsp3) is 0.588. The molecule has 1 aliphatic heterocycles. The summed E-state index contributed by atoms with van der Waals surface area (Å²) in [6.07, 6.45) is 3.04. The third kappa shape index (κ3) is 6.74. The molecule has 2 rings (SSSR count). The molecule has 0 bridgehead atoms. The average molecular weight is 480 g/mol. The van der Waals surface area contributed by atoms with Gasteiger partial charge < -0.3 is 10.6 Å². The van der Waals surface area contributed by atoms with E-state index in [1.807, 2.05) is 25.1 Å². The average Bonchev–Trinajstić information content (AvgIpc) is 3.02. The SMILES string of the molecule is CCNC(=NC[C@H]1CCCN1S(C)(=O)=O)NC(C)c1ccccc1.I. The van der Waals surface area contributed by atoms with Crippen molar-refractivity contribution in [2.24, 2.45) is 4.99 Å². The van der Waals surface area contributed by atoms with Crippen LogP contribution in [0.2, 0.25) is 0 Å². The van der Waals surface area contributed by atoms with Gasteiger partial charge in [0.25, 0.3) is 0 Å². The van der Waals surface area contributed by atoms with Gasteiger partial charge in [-0.15, -0.1) is 24.0 Å². The molecule has 1 aliphatic rings. The van der Waals surface area contributed by atoms with Gasteiger partial charge in [0, 0.05) is 19.1 Å². The molecule has 0 radical (unpaired) electrons. The van der Waals surface area contributed by atoms with Crippen LogP contribution in [-0.4, -0.2) is 50.6 Å². The zero-order valence-corrected chi connectivity index (χ0v) is 18.3. The number of nitrogens with one attached hydrogen (secondary N) is 2. The van der Waals surface area contributed by atoms with Crippen LogP contribution in [0.4, 0.5) is 0 Å². The minimum atomic E-state index is -3.15. The summed E-state index contributed by atoms with van der Waals surface area (Å²) in [4.78, 5) is 4.61. The van der Waals surface area contributed by atoms with E-state index in [1.54, 1.807) is 4.31 Å². The van der Waals surface area contributed by atoms with Crippen molar-refractivity contribution in [3.8, 4) is 0 Å². The molecule has 0 amide bonds. The number of aliphatic imine (C=N–C) groups is 1. The Morgan fingerprint density at radius 1 is 1.36 bits per heavy atom. The van der Waals surface area contributed by atoms with Gasteiger partial charge >= 0.3 is 0 Å². The Kier molecular flexibility index (Phi) is 9.15. The lowest BCUT2D eigenvalue weighted by atomic mass is 10.1. The van der Waals surface area contributed by atoms with E-state index in [1.165, 1.54) is 11.8 Å². The molecule has 1 aromatic carbocycles. The van der Waals surface area contributed by atoms with E-state index in [2.05, 4.69) is 34.7 Å². The highest BCUT2D eigenvalue weighted by Gasteiger charge is 2.31. The molecular weight excluding hydrogens is 451 g/mol. The Balaban J connectivity index is 0.00000312. The number of guanidine groups is 1. The van der Waals surface area contributed by atoms with Crippen LogP contribution >= 0.6 is 24.0 Å². The number of halogens is 1. The summed E-state index contributed by atoms with van der Waals surface area (Å²) >= 11 is 0. The zero-order chi connectivity index (χ0) is 17.6. The van der Waals surface area contributed by atoms with Gasteiger partial charge in [-0.05, 0) is 32.3 Å². The number of sulfonamides is 1. The van der Waals surface area contributed by atoms with Crippen LogP contribution in [0.15, 0.2) is 35.3 Å². The van der Waals surface area contributed by atoms with Gasteiger partial charge in [-0.2, -0.15) is 4.31 Å². The molecule has 1 saturated heterocycles. The van der Waals surface area contributed by atoms with Crippen LogP contribution in [0, 0.1) is 0 Å². The molecule has 25 heavy (non-hydrogen) atoms. The monoisotopic (exact) mass is 480 g/mol. The maximum Gasteiger partial charge on any atom is 0.211 e. The molecule has 142 valence electrons. The van der Waals surface area contributed by atoms with Gasteiger partial charge in [-0.3, -0.25) is 4.99 Å². The third-order valence-electron chi connectivity index (χ3n) is 4.21. The van der Waals surface area contributed by atoms with E-state index in [0.717, 1.165) is 19.4 Å². The second-order valence-electron chi connectivity index (χ2n) is 6.17. The largest absolute Gasteiger partial charge is 0.357 e. The molecule has 1 unspecified atom stereocenters. The smallest absolute Gasteiger partial charge is 0.211 e. The maximum atomic E-state index is 11.8. The summed E-state index contributed by atoms with van der Waals surface area (Å²) in [6.45, 7) is 5.93. The van der Waals surface area contributed by atoms with Crippen molar-refractivity contribution in [3.05, 3.63) is 35.9 Å². The fourth-order valence-electron chi connectivity index (χ4n) is 2.98. The van der Waals surface area contributed by atoms with E-state index < -0.39 is 10.0 Å². The number of rotatable bonds is 6. The Hall–Kier alpha value is -0.870. The Bertz CT molecular complexity index is 652. The first kappa shape index (κ1) is 22.2. The van der Waals surface area contributed by atoms with Crippen molar-refractivity contribution in [3.63, 3.8) is 0 Å². The van der Waals surface area contributed by atoms with Gasteiger partial charge in [0.1, 0.15) is 0 Å². The molecule has 2 atom stereocenters. The van der Waals surface area contributed by atoms with E-state index in [9.17, 15) is 8.42 Å². The normalized spacial score (nSPS) is 20.0. The second-order valence-corrected chi connectivity index (χ2v) is 8.10. The van der Waals surface area contributed by atoms with Crippen LogP contribution in [0.5, 0.6) is 0 Å². The van der Waals surface area contributed by atoms with E-state index in [0.29, 0.717) is 19.0 Å². The molecule has 1 aromatic rings. The summed E-state index contributed by atoms with van der Waals surface area (Å²) in [7, 11) is -3.15. The summed E-state index contributed by atoms with van der Waals surface area (Å²) in [5.74, 6) is 0.717. The first-order chi connectivity index (χ1) is 11.4. The number of benzene rings is 1. The highest BCUT2D eigenvalue weighted by atomic mass is 127. The van der Waals surface area contributed by atoms with Gasteiger partial charge in [0.15, 0.2) is 5.96 Å². The molecule has 0 aromatic heterocycles. The molecule has 0 spiro atoms. The van der Waals surface area contributed by atoms with Crippen molar-refractivity contribution in [1.82, 2.24) is 14.9 Å². The van der Waals surface area contributed by atoms with Crippen LogP contribution in [-0.2, 0) is 10.0 Å². The second kappa shape index (κ2) is 10.3. The molecule has 6 nitrogen and oxygen atoms in total. The highest BCUT2D eigenvalue weighted by Crippen LogP contribution is 2.20. The summed E-state index contributed by atoms with van der Waals surface area (Å²) in [6, 6.07) is 10.3. The molecular formula is C17H29IN4O2S. The van der Waals surface area contributed by atoms with Gasteiger partial charge in [0.2, 0.25) is 10.0 Å². The van der Waals surface area contributed by atoms with Crippen LogP contribution in [0.1, 0.15) is 38.3 Å². The zero-order valence-electron chi connectivity index (χ0n) is 15.1. The van der Waals surface area contributed by atoms with Crippen LogP contribution in [0.3, 0.4) is 0 Å². The highest BCUT2D eigenvalue weighted by molar-refractivity contribution is 14.0. The van der Waals surface area contributed by atoms with Crippen LogP contribution in [0.25, 0.3) is 0 Å². The Labute approximate surface area is 168 Å².